The molecule has 0 fully saturated rings. The van der Waals surface area contributed by atoms with Gasteiger partial charge in [0.15, 0.2) is 0 Å². The number of rotatable bonds is 2. The zero-order valence-corrected chi connectivity index (χ0v) is 10.6. The fourth-order valence-electron chi connectivity index (χ4n) is 2.28. The first-order valence-corrected chi connectivity index (χ1v) is 6.14. The quantitative estimate of drug-likeness (QED) is 0.825. The number of amides is 1. The van der Waals surface area contributed by atoms with E-state index in [0.29, 0.717) is 19.0 Å². The van der Waals surface area contributed by atoms with Crippen LogP contribution in [0.25, 0.3) is 0 Å². The molecule has 0 bridgehead atoms. The van der Waals surface area contributed by atoms with Crippen LogP contribution in [0, 0.1) is 0 Å². The first kappa shape index (κ1) is 11.8. The largest absolute Gasteiger partial charge is 0.479 e. The number of aromatic nitrogens is 1. The first-order valence-electron chi connectivity index (χ1n) is 6.14. The van der Waals surface area contributed by atoms with E-state index in [9.17, 15) is 4.79 Å². The van der Waals surface area contributed by atoms with Crippen LogP contribution < -0.4 is 4.74 Å². The predicted molar refractivity (Wildman–Crippen MR) is 67.9 cm³/mol. The van der Waals surface area contributed by atoms with Gasteiger partial charge in [-0.1, -0.05) is 24.3 Å². The Morgan fingerprint density at radius 3 is 2.89 bits per heavy atom. The molecular weight excluding hydrogens is 244 g/mol. The number of fused-ring (bicyclic) bond motifs is 1. The molecule has 1 aliphatic heterocycles. The van der Waals surface area contributed by atoms with E-state index in [4.69, 9.17) is 9.26 Å². The molecule has 1 aliphatic rings. The maximum absolute atomic E-state index is 12.3. The summed E-state index contributed by atoms with van der Waals surface area (Å²) in [5.41, 5.74) is 2.50. The van der Waals surface area contributed by atoms with Crippen LogP contribution in [0.4, 0.5) is 0 Å². The molecule has 0 saturated carbocycles. The minimum Gasteiger partial charge on any atom is -0.479 e. The highest BCUT2D eigenvalue weighted by Crippen LogP contribution is 2.21. The molecular formula is C14H14N2O3. The fourth-order valence-corrected chi connectivity index (χ4v) is 2.28. The molecule has 2 aromatic rings. The third kappa shape index (κ3) is 2.19. The number of ether oxygens (including phenoxy) is 1. The van der Waals surface area contributed by atoms with Gasteiger partial charge in [0.2, 0.25) is 5.76 Å². The van der Waals surface area contributed by atoms with E-state index in [-0.39, 0.29) is 11.7 Å². The second-order valence-corrected chi connectivity index (χ2v) is 4.48. The van der Waals surface area contributed by atoms with Crippen molar-refractivity contribution in [2.75, 3.05) is 13.7 Å². The van der Waals surface area contributed by atoms with Gasteiger partial charge in [0.1, 0.15) is 0 Å². The Morgan fingerprint density at radius 2 is 2.16 bits per heavy atom. The van der Waals surface area contributed by atoms with Crippen LogP contribution in [0.2, 0.25) is 0 Å². The van der Waals surface area contributed by atoms with Gasteiger partial charge in [-0.05, 0) is 22.7 Å². The van der Waals surface area contributed by atoms with Gasteiger partial charge >= 0.3 is 0 Å². The standard InChI is InChI=1S/C14H14N2O3/c1-18-13-8-12(19-15-13)14(17)16-7-6-10-4-2-3-5-11(10)9-16/h2-5,8H,6-7,9H2,1H3. The lowest BCUT2D eigenvalue weighted by atomic mass is 10.00. The molecule has 0 radical (unpaired) electrons. The molecule has 19 heavy (non-hydrogen) atoms. The van der Waals surface area contributed by atoms with Crippen molar-refractivity contribution in [3.8, 4) is 5.88 Å². The second-order valence-electron chi connectivity index (χ2n) is 4.48. The number of nitrogens with zero attached hydrogens (tertiary/aromatic N) is 2. The van der Waals surface area contributed by atoms with Crippen molar-refractivity contribution >= 4 is 5.91 Å². The second kappa shape index (κ2) is 4.76. The van der Waals surface area contributed by atoms with Crippen LogP contribution in [0.3, 0.4) is 0 Å². The summed E-state index contributed by atoms with van der Waals surface area (Å²) in [6, 6.07) is 9.69. The minimum atomic E-state index is -0.148. The van der Waals surface area contributed by atoms with E-state index in [1.165, 1.54) is 24.3 Å². The topological polar surface area (TPSA) is 55.6 Å². The van der Waals surface area contributed by atoms with E-state index in [0.717, 1.165) is 6.42 Å². The summed E-state index contributed by atoms with van der Waals surface area (Å²) in [4.78, 5) is 14.0. The number of benzene rings is 1. The number of carbonyl (C=O) groups is 1. The van der Waals surface area contributed by atoms with Crippen molar-refractivity contribution < 1.29 is 14.1 Å². The van der Waals surface area contributed by atoms with Crippen molar-refractivity contribution in [1.29, 1.82) is 0 Å². The summed E-state index contributed by atoms with van der Waals surface area (Å²) >= 11 is 0. The molecule has 0 atom stereocenters. The van der Waals surface area contributed by atoms with Gasteiger partial charge < -0.3 is 14.2 Å². The van der Waals surface area contributed by atoms with Crippen LogP contribution in [-0.2, 0) is 13.0 Å². The summed E-state index contributed by atoms with van der Waals surface area (Å²) < 4.78 is 9.91. The number of hydrogen-bond donors (Lipinski definition) is 0. The van der Waals surface area contributed by atoms with Gasteiger partial charge in [0.25, 0.3) is 11.8 Å². The highest BCUT2D eigenvalue weighted by molar-refractivity contribution is 5.91. The molecule has 0 aliphatic carbocycles. The first-order chi connectivity index (χ1) is 9.28. The van der Waals surface area contributed by atoms with Gasteiger partial charge in [-0.2, -0.15) is 0 Å². The van der Waals surface area contributed by atoms with Gasteiger partial charge in [-0.15, -0.1) is 0 Å². The van der Waals surface area contributed by atoms with Crippen LogP contribution in [0.5, 0.6) is 5.88 Å². The van der Waals surface area contributed by atoms with Crippen molar-refractivity contribution in [2.24, 2.45) is 0 Å². The number of hydrogen-bond acceptors (Lipinski definition) is 4. The third-order valence-electron chi connectivity index (χ3n) is 3.33. The smallest absolute Gasteiger partial charge is 0.292 e. The molecule has 0 saturated heterocycles. The Balaban J connectivity index is 1.79. The lowest BCUT2D eigenvalue weighted by Crippen LogP contribution is -2.35. The molecule has 5 nitrogen and oxygen atoms in total. The molecule has 1 aromatic heterocycles. The van der Waals surface area contributed by atoms with Crippen LogP contribution >= 0.6 is 0 Å². The molecule has 98 valence electrons. The highest BCUT2D eigenvalue weighted by Gasteiger charge is 2.24. The monoisotopic (exact) mass is 258 g/mol. The average Bonchev–Trinajstić information content (AvgIpc) is 2.95. The molecule has 2 heterocycles. The average molecular weight is 258 g/mol. The van der Waals surface area contributed by atoms with E-state index in [2.05, 4.69) is 17.3 Å². The highest BCUT2D eigenvalue weighted by atomic mass is 16.5. The van der Waals surface area contributed by atoms with E-state index in [1.54, 1.807) is 4.90 Å². The molecule has 0 N–H and O–H groups in total. The Morgan fingerprint density at radius 1 is 1.37 bits per heavy atom. The summed E-state index contributed by atoms with van der Waals surface area (Å²) in [6.45, 7) is 1.30. The maximum Gasteiger partial charge on any atom is 0.292 e. The number of methoxy groups -OCH3 is 1. The van der Waals surface area contributed by atoms with E-state index in [1.807, 2.05) is 12.1 Å². The Kier molecular flexibility index (Phi) is 2.95. The molecule has 1 amide bonds. The van der Waals surface area contributed by atoms with Gasteiger partial charge in [0.05, 0.1) is 13.2 Å². The molecule has 1 aromatic carbocycles. The molecule has 0 spiro atoms. The normalized spacial score (nSPS) is 14.1. The molecule has 0 unspecified atom stereocenters. The summed E-state index contributed by atoms with van der Waals surface area (Å²) in [5.74, 6) is 0.391. The Bertz CT molecular complexity index is 606. The zero-order chi connectivity index (χ0) is 13.2. The van der Waals surface area contributed by atoms with E-state index < -0.39 is 0 Å². The maximum atomic E-state index is 12.3. The summed E-state index contributed by atoms with van der Waals surface area (Å²) in [5, 5.41) is 3.65. The van der Waals surface area contributed by atoms with Crippen molar-refractivity contribution in [1.82, 2.24) is 10.1 Å². The van der Waals surface area contributed by atoms with Gasteiger partial charge in [0, 0.05) is 13.1 Å². The van der Waals surface area contributed by atoms with Crippen LogP contribution in [0.1, 0.15) is 21.7 Å². The van der Waals surface area contributed by atoms with Gasteiger partial charge in [-0.25, -0.2) is 0 Å². The third-order valence-corrected chi connectivity index (χ3v) is 3.33. The number of carbonyl (C=O) groups excluding carboxylic acids is 1. The Hall–Kier alpha value is -2.30. The van der Waals surface area contributed by atoms with Gasteiger partial charge in [-0.3, -0.25) is 4.79 Å². The SMILES string of the molecule is COc1cc(C(=O)N2CCc3ccccc3C2)on1. The summed E-state index contributed by atoms with van der Waals surface area (Å²) in [7, 11) is 1.49. The van der Waals surface area contributed by atoms with E-state index >= 15 is 0 Å². The molecule has 3 rings (SSSR count). The van der Waals surface area contributed by atoms with Crippen molar-refractivity contribution in [3.63, 3.8) is 0 Å². The summed E-state index contributed by atoms with van der Waals surface area (Å²) in [6.07, 6.45) is 0.868. The lowest BCUT2D eigenvalue weighted by molar-refractivity contribution is 0.0692. The van der Waals surface area contributed by atoms with Crippen molar-refractivity contribution in [2.45, 2.75) is 13.0 Å². The predicted octanol–water partition coefficient (Wildman–Crippen LogP) is 1.88. The van der Waals surface area contributed by atoms with Crippen LogP contribution in [0.15, 0.2) is 34.9 Å². The fraction of sp³-hybridized carbons (Fsp3) is 0.286. The lowest BCUT2D eigenvalue weighted by Gasteiger charge is -2.27. The zero-order valence-electron chi connectivity index (χ0n) is 10.6. The van der Waals surface area contributed by atoms with Crippen molar-refractivity contribution in [3.05, 3.63) is 47.2 Å². The minimum absolute atomic E-state index is 0.148. The molecule has 5 heteroatoms. The Labute approximate surface area is 110 Å². The van der Waals surface area contributed by atoms with Crippen LogP contribution in [-0.4, -0.2) is 29.6 Å².